The Labute approximate surface area is 172 Å². The highest BCUT2D eigenvalue weighted by molar-refractivity contribution is 5.57. The molecule has 0 aromatic heterocycles. The van der Waals surface area contributed by atoms with Gasteiger partial charge in [0, 0.05) is 30.6 Å². The summed E-state index contributed by atoms with van der Waals surface area (Å²) in [5, 5.41) is 12.8. The van der Waals surface area contributed by atoms with Crippen LogP contribution >= 0.6 is 0 Å². The number of non-ortho nitro benzene ring substituents is 1. The quantitative estimate of drug-likeness (QED) is 0.442. The van der Waals surface area contributed by atoms with Crippen molar-refractivity contribution in [2.24, 2.45) is 5.92 Å². The van der Waals surface area contributed by atoms with E-state index in [4.69, 9.17) is 4.84 Å². The summed E-state index contributed by atoms with van der Waals surface area (Å²) >= 11 is 0. The van der Waals surface area contributed by atoms with Crippen molar-refractivity contribution in [3.05, 3.63) is 112 Å². The summed E-state index contributed by atoms with van der Waals surface area (Å²) in [6, 6.07) is 22.6. The molecule has 7 heteroatoms. The zero-order valence-electron chi connectivity index (χ0n) is 15.9. The van der Waals surface area contributed by atoms with Gasteiger partial charge in [-0.1, -0.05) is 30.3 Å². The fourth-order valence-corrected chi connectivity index (χ4v) is 4.05. The molecule has 2 aliphatic heterocycles. The van der Waals surface area contributed by atoms with Crippen molar-refractivity contribution in [2.75, 3.05) is 16.5 Å². The molecule has 6 nitrogen and oxygen atoms in total. The predicted molar refractivity (Wildman–Crippen MR) is 111 cm³/mol. The Morgan fingerprint density at radius 3 is 2.30 bits per heavy atom. The average molecular weight is 403 g/mol. The molecule has 0 amide bonds. The van der Waals surface area contributed by atoms with Gasteiger partial charge < -0.3 is 9.74 Å². The minimum atomic E-state index is -0.410. The zero-order chi connectivity index (χ0) is 20.7. The van der Waals surface area contributed by atoms with E-state index in [0.717, 1.165) is 22.7 Å². The number of para-hydroxylation sites is 1. The molecule has 2 atom stereocenters. The van der Waals surface area contributed by atoms with Gasteiger partial charge >= 0.3 is 0 Å². The largest absolute Gasteiger partial charge is 0.381 e. The van der Waals surface area contributed by atoms with Crippen LogP contribution in [0.5, 0.6) is 0 Å². The van der Waals surface area contributed by atoms with Gasteiger partial charge in [-0.2, -0.15) is 0 Å². The molecule has 1 saturated heterocycles. The average Bonchev–Trinajstić information content (AvgIpc) is 3.33. The van der Waals surface area contributed by atoms with E-state index >= 15 is 0 Å². The molecule has 0 aliphatic carbocycles. The topological polar surface area (TPSA) is 58.9 Å². The van der Waals surface area contributed by atoms with Crippen molar-refractivity contribution in [3.63, 3.8) is 0 Å². The monoisotopic (exact) mass is 403 g/mol. The van der Waals surface area contributed by atoms with Gasteiger partial charge in [0.25, 0.3) is 5.69 Å². The number of anilines is 2. The van der Waals surface area contributed by atoms with E-state index < -0.39 is 4.92 Å². The number of hydroxylamine groups is 1. The second kappa shape index (κ2) is 7.18. The molecule has 3 aromatic carbocycles. The summed E-state index contributed by atoms with van der Waals surface area (Å²) in [6.07, 6.45) is 1.94. The smallest absolute Gasteiger partial charge is 0.269 e. The Morgan fingerprint density at radius 1 is 0.933 bits per heavy atom. The van der Waals surface area contributed by atoms with E-state index in [2.05, 4.69) is 0 Å². The number of hydrogen-bond donors (Lipinski definition) is 0. The number of halogens is 1. The maximum absolute atomic E-state index is 13.5. The zero-order valence-corrected chi connectivity index (χ0v) is 15.9. The number of nitro benzene ring substituents is 1. The first-order valence-corrected chi connectivity index (χ1v) is 9.61. The van der Waals surface area contributed by atoms with E-state index in [0.29, 0.717) is 6.54 Å². The Kier molecular flexibility index (Phi) is 4.35. The van der Waals surface area contributed by atoms with Crippen molar-refractivity contribution in [1.82, 2.24) is 0 Å². The van der Waals surface area contributed by atoms with Crippen LogP contribution in [-0.4, -0.2) is 11.5 Å². The van der Waals surface area contributed by atoms with Gasteiger partial charge in [0.1, 0.15) is 11.9 Å². The van der Waals surface area contributed by atoms with Gasteiger partial charge in [0.05, 0.1) is 16.5 Å². The third-order valence-corrected chi connectivity index (χ3v) is 5.49. The lowest BCUT2D eigenvalue weighted by Crippen LogP contribution is -2.29. The fourth-order valence-electron chi connectivity index (χ4n) is 4.05. The molecule has 2 aliphatic rings. The summed E-state index contributed by atoms with van der Waals surface area (Å²) in [6.45, 7) is 0.651. The highest BCUT2D eigenvalue weighted by Crippen LogP contribution is 2.47. The Morgan fingerprint density at radius 2 is 1.63 bits per heavy atom. The van der Waals surface area contributed by atoms with Crippen LogP contribution in [0.2, 0.25) is 0 Å². The van der Waals surface area contributed by atoms with E-state index in [9.17, 15) is 14.5 Å². The molecule has 0 bridgehead atoms. The number of nitrogens with zero attached hydrogens (tertiary/aromatic N) is 3. The molecule has 2 unspecified atom stereocenters. The van der Waals surface area contributed by atoms with Crippen molar-refractivity contribution >= 4 is 17.1 Å². The molecule has 0 saturated carbocycles. The molecule has 1 fully saturated rings. The number of benzene rings is 3. The predicted octanol–water partition coefficient (Wildman–Crippen LogP) is 5.20. The molecule has 3 aromatic rings. The minimum Gasteiger partial charge on any atom is -0.381 e. The number of hydrogen-bond acceptors (Lipinski definition) is 5. The first kappa shape index (κ1) is 18.2. The first-order chi connectivity index (χ1) is 14.6. The molecular weight excluding hydrogens is 385 g/mol. The SMILES string of the molecule is O=[N+]([O-])c1ccc(N2C=C3ON(c4ccccc4)C(c4ccc(F)cc4)C3C2)cc1. The van der Waals surface area contributed by atoms with Crippen LogP contribution < -0.4 is 9.96 Å². The molecular formula is C23H18FN3O3. The molecule has 0 spiro atoms. The van der Waals surface area contributed by atoms with Crippen LogP contribution in [0.3, 0.4) is 0 Å². The molecule has 0 radical (unpaired) electrons. The van der Waals surface area contributed by atoms with Crippen molar-refractivity contribution in [3.8, 4) is 0 Å². The molecule has 5 rings (SSSR count). The second-order valence-electron chi connectivity index (χ2n) is 7.31. The van der Waals surface area contributed by atoms with E-state index in [1.807, 2.05) is 46.5 Å². The van der Waals surface area contributed by atoms with Crippen molar-refractivity contribution in [2.45, 2.75) is 6.04 Å². The lowest BCUT2D eigenvalue weighted by molar-refractivity contribution is -0.384. The summed E-state index contributed by atoms with van der Waals surface area (Å²) in [7, 11) is 0. The van der Waals surface area contributed by atoms with Crippen LogP contribution in [0, 0.1) is 21.8 Å². The fraction of sp³-hybridized carbons (Fsp3) is 0.130. The van der Waals surface area contributed by atoms with E-state index in [1.165, 1.54) is 24.3 Å². The van der Waals surface area contributed by atoms with Gasteiger partial charge in [-0.3, -0.25) is 10.1 Å². The van der Waals surface area contributed by atoms with Crippen molar-refractivity contribution < 1.29 is 14.2 Å². The Bertz CT molecular complexity index is 1100. The normalized spacial score (nSPS) is 20.0. The van der Waals surface area contributed by atoms with E-state index in [-0.39, 0.29) is 23.5 Å². The first-order valence-electron chi connectivity index (χ1n) is 9.61. The van der Waals surface area contributed by atoms with Crippen molar-refractivity contribution in [1.29, 1.82) is 0 Å². The van der Waals surface area contributed by atoms with Crippen LogP contribution in [0.25, 0.3) is 0 Å². The van der Waals surface area contributed by atoms with Crippen LogP contribution in [-0.2, 0) is 4.84 Å². The summed E-state index contributed by atoms with van der Waals surface area (Å²) < 4.78 is 13.5. The van der Waals surface area contributed by atoms with Crippen LogP contribution in [0.15, 0.2) is 90.8 Å². The summed E-state index contributed by atoms with van der Waals surface area (Å²) in [5.41, 5.74) is 2.79. The maximum atomic E-state index is 13.5. The van der Waals surface area contributed by atoms with Crippen LogP contribution in [0.4, 0.5) is 21.5 Å². The number of fused-ring (bicyclic) bond motifs is 1. The molecule has 2 heterocycles. The van der Waals surface area contributed by atoms with Crippen LogP contribution in [0.1, 0.15) is 11.6 Å². The standard InChI is InChI=1S/C23H18FN3O3/c24-17-8-6-16(7-9-17)23-21-14-25(18-10-12-20(13-11-18)27(28)29)15-22(21)30-26(23)19-4-2-1-3-5-19/h1-13,15,21,23H,14H2. The van der Waals surface area contributed by atoms with Gasteiger partial charge in [-0.05, 0) is 42.0 Å². The summed E-state index contributed by atoms with van der Waals surface area (Å²) in [5.74, 6) is 0.566. The second-order valence-corrected chi connectivity index (χ2v) is 7.31. The lowest BCUT2D eigenvalue weighted by Gasteiger charge is -2.28. The Balaban J connectivity index is 1.48. The highest BCUT2D eigenvalue weighted by atomic mass is 19.1. The molecule has 30 heavy (non-hydrogen) atoms. The molecule has 0 N–H and O–H groups in total. The maximum Gasteiger partial charge on any atom is 0.269 e. The third kappa shape index (κ3) is 3.14. The van der Waals surface area contributed by atoms with Gasteiger partial charge in [0.15, 0.2) is 5.76 Å². The van der Waals surface area contributed by atoms with Gasteiger partial charge in [0.2, 0.25) is 0 Å². The number of rotatable bonds is 4. The third-order valence-electron chi connectivity index (χ3n) is 5.49. The minimum absolute atomic E-state index is 0.0332. The molecule has 150 valence electrons. The van der Waals surface area contributed by atoms with Gasteiger partial charge in [-0.15, -0.1) is 0 Å². The highest BCUT2D eigenvalue weighted by Gasteiger charge is 2.46. The van der Waals surface area contributed by atoms with E-state index in [1.54, 1.807) is 24.3 Å². The summed E-state index contributed by atoms with van der Waals surface area (Å²) in [4.78, 5) is 18.8. The van der Waals surface area contributed by atoms with Gasteiger partial charge in [-0.25, -0.2) is 9.45 Å². The lowest BCUT2D eigenvalue weighted by atomic mass is 9.93. The number of nitro groups is 1. The Hall–Kier alpha value is -3.87.